The average molecular weight is 214 g/mol. The zero-order valence-corrected chi connectivity index (χ0v) is 9.74. The Morgan fingerprint density at radius 1 is 1.27 bits per heavy atom. The third kappa shape index (κ3) is 2.52. The first-order chi connectivity index (χ1) is 7.12. The fourth-order valence-corrected chi connectivity index (χ4v) is 2.88. The first-order valence-corrected chi connectivity index (χ1v) is 6.05. The summed E-state index contributed by atoms with van der Waals surface area (Å²) in [5, 5.41) is 9.36. The van der Waals surface area contributed by atoms with Crippen LogP contribution in [0.5, 0.6) is 0 Å². The molecule has 2 fully saturated rings. The molecule has 3 heteroatoms. The summed E-state index contributed by atoms with van der Waals surface area (Å²) in [5.41, 5.74) is 0. The SMILES string of the molecule is CC1(C)OC[C@H]([C@@H]2CCCC[C@@H]2CO)O1. The van der Waals surface area contributed by atoms with Crippen molar-refractivity contribution in [2.45, 2.75) is 51.4 Å². The summed E-state index contributed by atoms with van der Waals surface area (Å²) in [5.74, 6) is 0.481. The van der Waals surface area contributed by atoms with Crippen LogP contribution in [0.15, 0.2) is 0 Å². The van der Waals surface area contributed by atoms with Crippen LogP contribution in [0.3, 0.4) is 0 Å². The Bertz CT molecular complexity index is 215. The molecule has 2 rings (SSSR count). The van der Waals surface area contributed by atoms with Gasteiger partial charge >= 0.3 is 0 Å². The van der Waals surface area contributed by atoms with Gasteiger partial charge in [-0.25, -0.2) is 0 Å². The molecule has 0 spiro atoms. The maximum absolute atomic E-state index is 9.36. The molecule has 15 heavy (non-hydrogen) atoms. The summed E-state index contributed by atoms with van der Waals surface area (Å²) in [7, 11) is 0. The number of aliphatic hydroxyl groups excluding tert-OH is 1. The van der Waals surface area contributed by atoms with Crippen molar-refractivity contribution in [3.8, 4) is 0 Å². The zero-order chi connectivity index (χ0) is 10.9. The zero-order valence-electron chi connectivity index (χ0n) is 9.74. The van der Waals surface area contributed by atoms with Gasteiger partial charge in [-0.3, -0.25) is 0 Å². The number of hydrogen-bond acceptors (Lipinski definition) is 3. The highest BCUT2D eigenvalue weighted by molar-refractivity contribution is 4.85. The lowest BCUT2D eigenvalue weighted by molar-refractivity contribution is -0.149. The monoisotopic (exact) mass is 214 g/mol. The van der Waals surface area contributed by atoms with E-state index in [1.165, 1.54) is 19.3 Å². The molecule has 0 aromatic heterocycles. The van der Waals surface area contributed by atoms with Crippen LogP contribution in [-0.4, -0.2) is 30.2 Å². The van der Waals surface area contributed by atoms with Gasteiger partial charge in [-0.05, 0) is 38.5 Å². The molecule has 0 aromatic rings. The molecule has 0 aromatic carbocycles. The molecule has 3 nitrogen and oxygen atoms in total. The second-order valence-corrected chi connectivity index (χ2v) is 5.26. The van der Waals surface area contributed by atoms with E-state index in [-0.39, 0.29) is 6.10 Å². The van der Waals surface area contributed by atoms with Crippen molar-refractivity contribution >= 4 is 0 Å². The minimum absolute atomic E-state index is 0.192. The van der Waals surface area contributed by atoms with E-state index >= 15 is 0 Å². The molecule has 1 saturated carbocycles. The van der Waals surface area contributed by atoms with Crippen LogP contribution in [0.1, 0.15) is 39.5 Å². The second-order valence-electron chi connectivity index (χ2n) is 5.26. The second kappa shape index (κ2) is 4.40. The first kappa shape index (κ1) is 11.4. The van der Waals surface area contributed by atoms with Crippen molar-refractivity contribution in [1.82, 2.24) is 0 Å². The molecule has 1 N–H and O–H groups in total. The van der Waals surface area contributed by atoms with Crippen LogP contribution in [0.25, 0.3) is 0 Å². The Hall–Kier alpha value is -0.120. The molecule has 1 aliphatic carbocycles. The van der Waals surface area contributed by atoms with Crippen molar-refractivity contribution in [1.29, 1.82) is 0 Å². The largest absolute Gasteiger partial charge is 0.396 e. The number of ether oxygens (including phenoxy) is 2. The highest BCUT2D eigenvalue weighted by Gasteiger charge is 2.40. The molecule has 1 heterocycles. The van der Waals surface area contributed by atoms with E-state index in [4.69, 9.17) is 9.47 Å². The third-order valence-electron chi connectivity index (χ3n) is 3.71. The Morgan fingerprint density at radius 2 is 2.00 bits per heavy atom. The van der Waals surface area contributed by atoms with E-state index in [9.17, 15) is 5.11 Å². The van der Waals surface area contributed by atoms with E-state index < -0.39 is 5.79 Å². The average Bonchev–Trinajstić information content (AvgIpc) is 2.59. The highest BCUT2D eigenvalue weighted by atomic mass is 16.7. The molecule has 3 atom stereocenters. The molecule has 1 saturated heterocycles. The van der Waals surface area contributed by atoms with Crippen molar-refractivity contribution < 1.29 is 14.6 Å². The van der Waals surface area contributed by atoms with Crippen LogP contribution in [0.2, 0.25) is 0 Å². The van der Waals surface area contributed by atoms with Crippen LogP contribution >= 0.6 is 0 Å². The molecule has 0 unspecified atom stereocenters. The maximum Gasteiger partial charge on any atom is 0.163 e. The molecule has 0 amide bonds. The van der Waals surface area contributed by atoms with E-state index in [0.717, 1.165) is 6.42 Å². The Labute approximate surface area is 91.8 Å². The van der Waals surface area contributed by atoms with Gasteiger partial charge in [0.25, 0.3) is 0 Å². The summed E-state index contributed by atoms with van der Waals surface area (Å²) in [6, 6.07) is 0. The van der Waals surface area contributed by atoms with Crippen molar-refractivity contribution in [3.63, 3.8) is 0 Å². The van der Waals surface area contributed by atoms with Gasteiger partial charge in [0.15, 0.2) is 5.79 Å². The smallest absolute Gasteiger partial charge is 0.163 e. The molecular weight excluding hydrogens is 192 g/mol. The van der Waals surface area contributed by atoms with Gasteiger partial charge in [0.1, 0.15) is 0 Å². The summed E-state index contributed by atoms with van der Waals surface area (Å²) in [4.78, 5) is 0. The maximum atomic E-state index is 9.36. The third-order valence-corrected chi connectivity index (χ3v) is 3.71. The van der Waals surface area contributed by atoms with E-state index in [1.54, 1.807) is 0 Å². The summed E-state index contributed by atoms with van der Waals surface area (Å²) in [6.07, 6.45) is 5.02. The number of rotatable bonds is 2. The molecule has 1 aliphatic heterocycles. The first-order valence-electron chi connectivity index (χ1n) is 6.05. The molecule has 2 aliphatic rings. The van der Waals surface area contributed by atoms with Gasteiger partial charge < -0.3 is 14.6 Å². The minimum atomic E-state index is -0.428. The topological polar surface area (TPSA) is 38.7 Å². The fraction of sp³-hybridized carbons (Fsp3) is 1.00. The van der Waals surface area contributed by atoms with E-state index in [2.05, 4.69) is 0 Å². The quantitative estimate of drug-likeness (QED) is 0.763. The van der Waals surface area contributed by atoms with Gasteiger partial charge in [0, 0.05) is 6.61 Å². The van der Waals surface area contributed by atoms with Crippen molar-refractivity contribution in [2.75, 3.05) is 13.2 Å². The van der Waals surface area contributed by atoms with E-state index in [0.29, 0.717) is 25.0 Å². The molecule has 0 radical (unpaired) electrons. The Morgan fingerprint density at radius 3 is 2.60 bits per heavy atom. The Kier molecular flexibility index (Phi) is 3.33. The predicted molar refractivity (Wildman–Crippen MR) is 57.4 cm³/mol. The van der Waals surface area contributed by atoms with Gasteiger partial charge in [-0.15, -0.1) is 0 Å². The highest BCUT2D eigenvalue weighted by Crippen LogP contribution is 2.37. The van der Waals surface area contributed by atoms with Crippen LogP contribution in [0.4, 0.5) is 0 Å². The number of aliphatic hydroxyl groups is 1. The summed E-state index contributed by atoms with van der Waals surface area (Å²) >= 11 is 0. The van der Waals surface area contributed by atoms with Crippen LogP contribution in [0, 0.1) is 11.8 Å². The van der Waals surface area contributed by atoms with Gasteiger partial charge in [-0.1, -0.05) is 12.8 Å². The molecule has 88 valence electrons. The van der Waals surface area contributed by atoms with Crippen molar-refractivity contribution in [2.24, 2.45) is 11.8 Å². The van der Waals surface area contributed by atoms with Crippen LogP contribution in [-0.2, 0) is 9.47 Å². The fourth-order valence-electron chi connectivity index (χ4n) is 2.88. The summed E-state index contributed by atoms with van der Waals surface area (Å²) < 4.78 is 11.5. The predicted octanol–water partition coefficient (Wildman–Crippen LogP) is 1.94. The molecule has 0 bridgehead atoms. The van der Waals surface area contributed by atoms with Crippen LogP contribution < -0.4 is 0 Å². The minimum Gasteiger partial charge on any atom is -0.396 e. The Balaban J connectivity index is 1.97. The van der Waals surface area contributed by atoms with Gasteiger partial charge in [0.05, 0.1) is 12.7 Å². The lowest BCUT2D eigenvalue weighted by Gasteiger charge is -2.33. The number of hydrogen-bond donors (Lipinski definition) is 1. The summed E-state index contributed by atoms with van der Waals surface area (Å²) in [6.45, 7) is 4.91. The lowest BCUT2D eigenvalue weighted by atomic mass is 9.77. The standard InChI is InChI=1S/C12H22O3/c1-12(2)14-8-11(15-12)10-6-4-3-5-9(10)7-13/h9-11,13H,3-8H2,1-2H3/t9-,10-,11-/m1/s1. The lowest BCUT2D eigenvalue weighted by Crippen LogP contribution is -2.35. The van der Waals surface area contributed by atoms with Crippen molar-refractivity contribution in [3.05, 3.63) is 0 Å². The van der Waals surface area contributed by atoms with Gasteiger partial charge in [-0.2, -0.15) is 0 Å². The normalized spacial score (nSPS) is 40.6. The van der Waals surface area contributed by atoms with E-state index in [1.807, 2.05) is 13.8 Å². The van der Waals surface area contributed by atoms with Gasteiger partial charge in [0.2, 0.25) is 0 Å². The molecular formula is C12H22O3.